The number of amides is 1. The predicted molar refractivity (Wildman–Crippen MR) is 109 cm³/mol. The standard InChI is InChI=1S/C19H23ClN2O3S2/c20-17-9-2-1-6-15(17)7-3-11-21-19(23)16-8-4-12-22(14-16)27(24,25)18-10-5-13-26-18/h1-2,5-6,9-10,13,16H,3-4,7-8,11-12,14H2,(H,21,23). The van der Waals surface area contributed by atoms with Crippen LogP contribution in [0.2, 0.25) is 5.02 Å². The van der Waals surface area contributed by atoms with Gasteiger partial charge in [0.25, 0.3) is 10.0 Å². The number of hydrogen-bond donors (Lipinski definition) is 1. The summed E-state index contributed by atoms with van der Waals surface area (Å²) in [4.78, 5) is 12.5. The van der Waals surface area contributed by atoms with E-state index >= 15 is 0 Å². The van der Waals surface area contributed by atoms with Crippen molar-refractivity contribution in [2.45, 2.75) is 29.9 Å². The Morgan fingerprint density at radius 2 is 2.07 bits per heavy atom. The summed E-state index contributed by atoms with van der Waals surface area (Å²) in [7, 11) is -3.49. The number of nitrogens with zero attached hydrogens (tertiary/aromatic N) is 1. The first-order valence-corrected chi connectivity index (χ1v) is 11.7. The topological polar surface area (TPSA) is 66.5 Å². The number of benzene rings is 1. The molecule has 5 nitrogen and oxygen atoms in total. The van der Waals surface area contributed by atoms with E-state index in [0.29, 0.717) is 30.1 Å². The summed E-state index contributed by atoms with van der Waals surface area (Å²) < 4.78 is 27.1. The SMILES string of the molecule is O=C(NCCCc1ccccc1Cl)C1CCCN(S(=O)(=O)c2cccs2)C1. The Morgan fingerprint density at radius 3 is 2.81 bits per heavy atom. The summed E-state index contributed by atoms with van der Waals surface area (Å²) in [5, 5.41) is 5.44. The van der Waals surface area contributed by atoms with Gasteiger partial charge in [-0.05, 0) is 48.8 Å². The maximum absolute atomic E-state index is 12.7. The van der Waals surface area contributed by atoms with Gasteiger partial charge in [0, 0.05) is 24.7 Å². The van der Waals surface area contributed by atoms with Crippen molar-refractivity contribution in [3.8, 4) is 0 Å². The molecule has 0 bridgehead atoms. The second kappa shape index (κ2) is 9.19. The van der Waals surface area contributed by atoms with Gasteiger partial charge in [0.05, 0.1) is 5.92 Å². The fourth-order valence-corrected chi connectivity index (χ4v) is 6.15. The minimum absolute atomic E-state index is 0.0692. The molecule has 1 fully saturated rings. The molecule has 27 heavy (non-hydrogen) atoms. The van der Waals surface area contributed by atoms with Crippen molar-refractivity contribution in [1.82, 2.24) is 9.62 Å². The van der Waals surface area contributed by atoms with Crippen molar-refractivity contribution in [1.29, 1.82) is 0 Å². The lowest BCUT2D eigenvalue weighted by atomic mass is 9.99. The Balaban J connectivity index is 1.49. The van der Waals surface area contributed by atoms with Crippen molar-refractivity contribution < 1.29 is 13.2 Å². The molecule has 1 aromatic carbocycles. The lowest BCUT2D eigenvalue weighted by Gasteiger charge is -2.30. The monoisotopic (exact) mass is 426 g/mol. The Bertz CT molecular complexity index is 869. The highest BCUT2D eigenvalue weighted by atomic mass is 35.5. The minimum atomic E-state index is -3.49. The molecule has 8 heteroatoms. The lowest BCUT2D eigenvalue weighted by Crippen LogP contribution is -2.45. The molecule has 0 radical (unpaired) electrons. The summed E-state index contributed by atoms with van der Waals surface area (Å²) in [6, 6.07) is 11.0. The Hall–Kier alpha value is -1.41. The van der Waals surface area contributed by atoms with Gasteiger partial charge in [0.1, 0.15) is 4.21 Å². The largest absolute Gasteiger partial charge is 0.356 e. The highest BCUT2D eigenvalue weighted by Crippen LogP contribution is 2.26. The zero-order valence-electron chi connectivity index (χ0n) is 14.9. The van der Waals surface area contributed by atoms with Gasteiger partial charge in [-0.3, -0.25) is 4.79 Å². The quantitative estimate of drug-likeness (QED) is 0.688. The molecule has 1 aromatic heterocycles. The fourth-order valence-electron chi connectivity index (χ4n) is 3.25. The fraction of sp³-hybridized carbons (Fsp3) is 0.421. The highest BCUT2D eigenvalue weighted by Gasteiger charge is 2.33. The van der Waals surface area contributed by atoms with Crippen molar-refractivity contribution in [3.05, 3.63) is 52.4 Å². The zero-order valence-corrected chi connectivity index (χ0v) is 17.3. The average molecular weight is 427 g/mol. The first-order chi connectivity index (χ1) is 13.0. The van der Waals surface area contributed by atoms with E-state index in [4.69, 9.17) is 11.6 Å². The smallest absolute Gasteiger partial charge is 0.252 e. The van der Waals surface area contributed by atoms with E-state index in [9.17, 15) is 13.2 Å². The summed E-state index contributed by atoms with van der Waals surface area (Å²) >= 11 is 7.35. The van der Waals surface area contributed by atoms with Gasteiger partial charge in [0.15, 0.2) is 0 Å². The predicted octanol–water partition coefficient (Wildman–Crippen LogP) is 3.55. The van der Waals surface area contributed by atoms with Crippen LogP contribution in [0.4, 0.5) is 0 Å². The van der Waals surface area contributed by atoms with Crippen LogP contribution in [-0.4, -0.2) is 38.3 Å². The van der Waals surface area contributed by atoms with Crippen molar-refractivity contribution in [2.75, 3.05) is 19.6 Å². The Labute approximate surface area is 169 Å². The molecule has 0 saturated carbocycles. The van der Waals surface area contributed by atoms with Crippen LogP contribution in [0, 0.1) is 5.92 Å². The first kappa shape index (κ1) is 20.3. The number of piperidine rings is 1. The van der Waals surface area contributed by atoms with Crippen LogP contribution in [0.1, 0.15) is 24.8 Å². The third kappa shape index (κ3) is 5.10. The molecule has 2 heterocycles. The Kier molecular flexibility index (Phi) is 6.92. The lowest BCUT2D eigenvalue weighted by molar-refractivity contribution is -0.126. The summed E-state index contributed by atoms with van der Waals surface area (Å²) in [6.07, 6.45) is 3.00. The molecular formula is C19H23ClN2O3S2. The summed E-state index contributed by atoms with van der Waals surface area (Å²) in [5.41, 5.74) is 1.07. The Morgan fingerprint density at radius 1 is 1.26 bits per heavy atom. The molecule has 1 saturated heterocycles. The second-order valence-electron chi connectivity index (χ2n) is 6.62. The van der Waals surface area contributed by atoms with Crippen LogP contribution in [0.3, 0.4) is 0 Å². The van der Waals surface area contributed by atoms with E-state index in [1.54, 1.807) is 17.5 Å². The highest BCUT2D eigenvalue weighted by molar-refractivity contribution is 7.91. The van der Waals surface area contributed by atoms with Crippen molar-refractivity contribution >= 4 is 38.9 Å². The van der Waals surface area contributed by atoms with Crippen LogP contribution in [0.25, 0.3) is 0 Å². The number of thiophene rings is 1. The van der Waals surface area contributed by atoms with Gasteiger partial charge in [-0.2, -0.15) is 4.31 Å². The van der Waals surface area contributed by atoms with E-state index < -0.39 is 10.0 Å². The number of sulfonamides is 1. The maximum atomic E-state index is 12.7. The molecule has 3 rings (SSSR count). The van der Waals surface area contributed by atoms with E-state index in [1.165, 1.54) is 15.6 Å². The summed E-state index contributed by atoms with van der Waals surface area (Å²) in [6.45, 7) is 1.27. The number of hydrogen-bond acceptors (Lipinski definition) is 4. The third-order valence-corrected chi connectivity index (χ3v) is 8.33. The maximum Gasteiger partial charge on any atom is 0.252 e. The van der Waals surface area contributed by atoms with E-state index in [-0.39, 0.29) is 18.4 Å². The number of carbonyl (C=O) groups excluding carboxylic acids is 1. The van der Waals surface area contributed by atoms with Crippen molar-refractivity contribution in [3.63, 3.8) is 0 Å². The minimum Gasteiger partial charge on any atom is -0.356 e. The molecule has 2 aromatic rings. The van der Waals surface area contributed by atoms with Gasteiger partial charge >= 0.3 is 0 Å². The van der Waals surface area contributed by atoms with Gasteiger partial charge in [0.2, 0.25) is 5.91 Å². The van der Waals surface area contributed by atoms with Gasteiger partial charge in [-0.1, -0.05) is 35.9 Å². The van der Waals surface area contributed by atoms with Gasteiger partial charge in [-0.15, -0.1) is 11.3 Å². The average Bonchev–Trinajstić information content (AvgIpc) is 3.22. The molecule has 1 aliphatic rings. The van der Waals surface area contributed by atoms with Crippen LogP contribution < -0.4 is 5.32 Å². The normalized spacial score (nSPS) is 18.3. The third-order valence-electron chi connectivity index (χ3n) is 4.72. The van der Waals surface area contributed by atoms with Crippen LogP contribution >= 0.6 is 22.9 Å². The zero-order chi connectivity index (χ0) is 19.3. The molecular weight excluding hydrogens is 404 g/mol. The molecule has 1 N–H and O–H groups in total. The number of nitrogens with one attached hydrogen (secondary N) is 1. The van der Waals surface area contributed by atoms with Crippen LogP contribution in [0.15, 0.2) is 46.0 Å². The molecule has 0 aliphatic carbocycles. The molecule has 1 aliphatic heterocycles. The molecule has 146 valence electrons. The van der Waals surface area contributed by atoms with E-state index in [0.717, 1.165) is 23.4 Å². The second-order valence-corrected chi connectivity index (χ2v) is 10.1. The number of halogens is 1. The van der Waals surface area contributed by atoms with Gasteiger partial charge < -0.3 is 5.32 Å². The van der Waals surface area contributed by atoms with Crippen molar-refractivity contribution in [2.24, 2.45) is 5.92 Å². The molecule has 0 spiro atoms. The van der Waals surface area contributed by atoms with Crippen LogP contribution in [0.5, 0.6) is 0 Å². The van der Waals surface area contributed by atoms with E-state index in [1.807, 2.05) is 24.3 Å². The first-order valence-electron chi connectivity index (χ1n) is 9.03. The van der Waals surface area contributed by atoms with Crippen LogP contribution in [-0.2, 0) is 21.2 Å². The number of rotatable bonds is 7. The molecule has 1 atom stereocenters. The number of carbonyl (C=O) groups is 1. The number of aryl methyl sites for hydroxylation is 1. The summed E-state index contributed by atoms with van der Waals surface area (Å²) in [5.74, 6) is -0.367. The van der Waals surface area contributed by atoms with Gasteiger partial charge in [-0.25, -0.2) is 8.42 Å². The molecule has 1 amide bonds. The van der Waals surface area contributed by atoms with E-state index in [2.05, 4.69) is 5.32 Å². The molecule has 1 unspecified atom stereocenters.